The molecular formula is C17H19NO2S. The van der Waals surface area contributed by atoms with Gasteiger partial charge in [-0.3, -0.25) is 9.69 Å². The summed E-state index contributed by atoms with van der Waals surface area (Å²) in [5.74, 6) is -0.706. The van der Waals surface area contributed by atoms with Crippen molar-refractivity contribution in [3.63, 3.8) is 0 Å². The molecule has 2 aromatic rings. The molecule has 0 amide bonds. The number of likely N-dealkylation sites (tertiary alicyclic amines) is 1. The predicted octanol–water partition coefficient (Wildman–Crippen LogP) is 3.69. The van der Waals surface area contributed by atoms with E-state index in [-0.39, 0.29) is 12.1 Å². The zero-order chi connectivity index (χ0) is 14.8. The Morgan fingerprint density at radius 3 is 2.81 bits per heavy atom. The minimum absolute atomic E-state index is 0.0507. The Balaban J connectivity index is 2.05. The molecule has 1 saturated heterocycles. The van der Waals surface area contributed by atoms with Crippen LogP contribution in [-0.4, -0.2) is 28.6 Å². The first-order valence-electron chi connectivity index (χ1n) is 7.26. The minimum Gasteiger partial charge on any atom is -0.480 e. The largest absolute Gasteiger partial charge is 0.480 e. The van der Waals surface area contributed by atoms with Gasteiger partial charge in [-0.2, -0.15) is 0 Å². The van der Waals surface area contributed by atoms with Crippen molar-refractivity contribution in [2.24, 2.45) is 0 Å². The molecule has 1 fully saturated rings. The van der Waals surface area contributed by atoms with Gasteiger partial charge in [-0.05, 0) is 42.3 Å². The van der Waals surface area contributed by atoms with Crippen LogP contribution in [-0.2, 0) is 4.79 Å². The molecule has 1 N–H and O–H groups in total. The van der Waals surface area contributed by atoms with E-state index in [4.69, 9.17) is 0 Å². The molecule has 2 unspecified atom stereocenters. The van der Waals surface area contributed by atoms with Gasteiger partial charge < -0.3 is 5.11 Å². The van der Waals surface area contributed by atoms with Gasteiger partial charge in [0.2, 0.25) is 0 Å². The summed E-state index contributed by atoms with van der Waals surface area (Å²) in [6.45, 7) is 2.94. The third kappa shape index (κ3) is 2.74. The number of benzene rings is 1. The summed E-state index contributed by atoms with van der Waals surface area (Å²) in [6.07, 6.45) is 1.69. The maximum absolute atomic E-state index is 11.6. The lowest BCUT2D eigenvalue weighted by atomic mass is 9.98. The molecule has 0 aliphatic carbocycles. The number of carbonyl (C=O) groups is 1. The average molecular weight is 301 g/mol. The molecule has 1 aromatic heterocycles. The van der Waals surface area contributed by atoms with Crippen LogP contribution in [0.1, 0.15) is 34.9 Å². The Morgan fingerprint density at radius 2 is 2.14 bits per heavy atom. The molecule has 0 spiro atoms. The first-order valence-corrected chi connectivity index (χ1v) is 8.14. The van der Waals surface area contributed by atoms with Crippen LogP contribution in [0.2, 0.25) is 0 Å². The van der Waals surface area contributed by atoms with Gasteiger partial charge in [0.05, 0.1) is 6.04 Å². The van der Waals surface area contributed by atoms with E-state index in [9.17, 15) is 9.90 Å². The normalized spacial score (nSPS) is 20.5. The summed E-state index contributed by atoms with van der Waals surface area (Å²) in [7, 11) is 0. The highest BCUT2D eigenvalue weighted by Gasteiger charge is 2.37. The number of hydrogen-bond donors (Lipinski definition) is 1. The van der Waals surface area contributed by atoms with Gasteiger partial charge in [-0.15, -0.1) is 11.3 Å². The summed E-state index contributed by atoms with van der Waals surface area (Å²) in [4.78, 5) is 14.9. The highest BCUT2D eigenvalue weighted by Crippen LogP contribution is 2.38. The monoisotopic (exact) mass is 301 g/mol. The molecule has 3 rings (SSSR count). The lowest BCUT2D eigenvalue weighted by Gasteiger charge is -2.31. The zero-order valence-corrected chi connectivity index (χ0v) is 12.8. The van der Waals surface area contributed by atoms with Gasteiger partial charge in [0.1, 0.15) is 6.04 Å². The summed E-state index contributed by atoms with van der Waals surface area (Å²) >= 11 is 1.70. The van der Waals surface area contributed by atoms with E-state index in [2.05, 4.69) is 35.4 Å². The van der Waals surface area contributed by atoms with Gasteiger partial charge in [0.25, 0.3) is 0 Å². The molecule has 2 heterocycles. The summed E-state index contributed by atoms with van der Waals surface area (Å²) in [5.41, 5.74) is 2.43. The summed E-state index contributed by atoms with van der Waals surface area (Å²) in [5, 5.41) is 11.6. The second kappa shape index (κ2) is 6.00. The third-order valence-corrected chi connectivity index (χ3v) is 5.13. The Labute approximate surface area is 128 Å². The Morgan fingerprint density at radius 1 is 1.33 bits per heavy atom. The lowest BCUT2D eigenvalue weighted by molar-refractivity contribution is -0.142. The van der Waals surface area contributed by atoms with E-state index in [1.807, 2.05) is 18.2 Å². The van der Waals surface area contributed by atoms with Crippen molar-refractivity contribution in [2.45, 2.75) is 31.8 Å². The first kappa shape index (κ1) is 14.3. The number of aryl methyl sites for hydroxylation is 1. The van der Waals surface area contributed by atoms with Gasteiger partial charge >= 0.3 is 5.97 Å². The van der Waals surface area contributed by atoms with Gasteiger partial charge in [0, 0.05) is 11.4 Å². The number of aliphatic carboxylic acids is 1. The van der Waals surface area contributed by atoms with Crippen molar-refractivity contribution in [1.82, 2.24) is 4.90 Å². The van der Waals surface area contributed by atoms with Crippen LogP contribution in [0.25, 0.3) is 0 Å². The van der Waals surface area contributed by atoms with E-state index in [1.165, 1.54) is 16.0 Å². The highest BCUT2D eigenvalue weighted by atomic mass is 32.1. The maximum atomic E-state index is 11.6. The van der Waals surface area contributed by atoms with E-state index in [0.717, 1.165) is 19.4 Å². The fourth-order valence-electron chi connectivity index (χ4n) is 3.20. The molecule has 3 nitrogen and oxygen atoms in total. The van der Waals surface area contributed by atoms with Crippen LogP contribution < -0.4 is 0 Å². The van der Waals surface area contributed by atoms with E-state index >= 15 is 0 Å². The summed E-state index contributed by atoms with van der Waals surface area (Å²) < 4.78 is 0. The number of nitrogens with zero attached hydrogens (tertiary/aromatic N) is 1. The topological polar surface area (TPSA) is 40.5 Å². The molecule has 2 atom stereocenters. The third-order valence-electron chi connectivity index (χ3n) is 4.21. The molecular weight excluding hydrogens is 282 g/mol. The predicted molar refractivity (Wildman–Crippen MR) is 84.7 cm³/mol. The minimum atomic E-state index is -0.706. The standard InChI is InChI=1S/C17H19NO2S/c1-12-6-2-3-7-13(12)16(15-9-5-11-21-15)18-10-4-8-14(18)17(19)20/h2-3,5-7,9,11,14,16H,4,8,10H2,1H3,(H,19,20). The zero-order valence-electron chi connectivity index (χ0n) is 12.0. The number of rotatable bonds is 4. The number of thiophene rings is 1. The molecule has 4 heteroatoms. The van der Waals surface area contributed by atoms with E-state index < -0.39 is 5.97 Å². The average Bonchev–Trinajstić information content (AvgIpc) is 3.13. The van der Waals surface area contributed by atoms with Crippen molar-refractivity contribution in [3.8, 4) is 0 Å². The maximum Gasteiger partial charge on any atom is 0.320 e. The van der Waals surface area contributed by atoms with Gasteiger partial charge in [-0.25, -0.2) is 0 Å². The molecule has 21 heavy (non-hydrogen) atoms. The number of carboxylic acid groups (broad SMARTS) is 1. The molecule has 1 aliphatic rings. The van der Waals surface area contributed by atoms with Gasteiger partial charge in [0.15, 0.2) is 0 Å². The van der Waals surface area contributed by atoms with Crippen LogP contribution >= 0.6 is 11.3 Å². The first-order chi connectivity index (χ1) is 10.2. The fourth-order valence-corrected chi connectivity index (χ4v) is 4.06. The van der Waals surface area contributed by atoms with E-state index in [1.54, 1.807) is 11.3 Å². The molecule has 1 aromatic carbocycles. The van der Waals surface area contributed by atoms with Crippen molar-refractivity contribution in [1.29, 1.82) is 0 Å². The quantitative estimate of drug-likeness (QED) is 0.936. The smallest absolute Gasteiger partial charge is 0.320 e. The Bertz CT molecular complexity index is 623. The second-order valence-electron chi connectivity index (χ2n) is 5.51. The van der Waals surface area contributed by atoms with Crippen LogP contribution in [0.3, 0.4) is 0 Å². The highest BCUT2D eigenvalue weighted by molar-refractivity contribution is 7.10. The van der Waals surface area contributed by atoms with Crippen LogP contribution in [0.5, 0.6) is 0 Å². The molecule has 0 bridgehead atoms. The van der Waals surface area contributed by atoms with Crippen LogP contribution in [0.15, 0.2) is 41.8 Å². The SMILES string of the molecule is Cc1ccccc1C(c1cccs1)N1CCCC1C(=O)O. The van der Waals surface area contributed by atoms with Crippen LogP contribution in [0.4, 0.5) is 0 Å². The molecule has 0 saturated carbocycles. The molecule has 110 valence electrons. The van der Waals surface area contributed by atoms with Crippen LogP contribution in [0, 0.1) is 6.92 Å². The van der Waals surface area contributed by atoms with E-state index in [0.29, 0.717) is 0 Å². The van der Waals surface area contributed by atoms with Gasteiger partial charge in [-0.1, -0.05) is 30.3 Å². The van der Waals surface area contributed by atoms with Crippen molar-refractivity contribution >= 4 is 17.3 Å². The van der Waals surface area contributed by atoms with Crippen molar-refractivity contribution in [2.75, 3.05) is 6.54 Å². The van der Waals surface area contributed by atoms with Crippen molar-refractivity contribution < 1.29 is 9.90 Å². The Hall–Kier alpha value is -1.65. The number of hydrogen-bond acceptors (Lipinski definition) is 3. The molecule has 0 radical (unpaired) electrons. The lowest BCUT2D eigenvalue weighted by Crippen LogP contribution is -2.39. The molecule has 1 aliphatic heterocycles. The van der Waals surface area contributed by atoms with Crippen molar-refractivity contribution in [3.05, 3.63) is 57.8 Å². The fraction of sp³-hybridized carbons (Fsp3) is 0.353. The summed E-state index contributed by atoms with van der Waals surface area (Å²) in [6, 6.07) is 12.1. The number of carboxylic acids is 1. The second-order valence-corrected chi connectivity index (χ2v) is 6.49. The Kier molecular flexibility index (Phi) is 4.08.